The van der Waals surface area contributed by atoms with Gasteiger partial charge in [-0.1, -0.05) is 12.2 Å². The second kappa shape index (κ2) is 7.09. The molecule has 7 heteroatoms. The molecule has 27 heavy (non-hydrogen) atoms. The Morgan fingerprint density at radius 2 is 1.81 bits per heavy atom. The molecule has 0 radical (unpaired) electrons. The van der Waals surface area contributed by atoms with Crippen LogP contribution in [0.25, 0.3) is 0 Å². The standard InChI is InChI=1S/C20H22F4N2O/c21-14-4-5-18(17(22)11-14)27-16-6-9-25(10-7-16)19-3-1-2-8-26(19)15-12-20(23,24)13-15/h1-5,11,15-16H,6-10,12-13H2. The predicted molar refractivity (Wildman–Crippen MR) is 93.5 cm³/mol. The Morgan fingerprint density at radius 3 is 2.48 bits per heavy atom. The molecule has 1 saturated heterocycles. The Hall–Kier alpha value is -2.18. The van der Waals surface area contributed by atoms with Gasteiger partial charge in [0.15, 0.2) is 11.6 Å². The highest BCUT2D eigenvalue weighted by molar-refractivity contribution is 5.25. The summed E-state index contributed by atoms with van der Waals surface area (Å²) in [6, 6.07) is 3.18. The summed E-state index contributed by atoms with van der Waals surface area (Å²) in [5.74, 6) is -2.84. The Kier molecular flexibility index (Phi) is 4.78. The number of hydrogen-bond donors (Lipinski definition) is 0. The molecule has 1 aliphatic carbocycles. The van der Waals surface area contributed by atoms with Gasteiger partial charge in [0, 0.05) is 57.4 Å². The average Bonchev–Trinajstić information content (AvgIpc) is 2.63. The number of piperidine rings is 1. The monoisotopic (exact) mass is 382 g/mol. The van der Waals surface area contributed by atoms with E-state index in [1.807, 2.05) is 18.2 Å². The SMILES string of the molecule is Fc1ccc(OC2CCN(C3=CC=CCN3C3CC(F)(F)C3)CC2)c(F)c1. The number of nitrogens with zero attached hydrogens (tertiary/aromatic N) is 2. The summed E-state index contributed by atoms with van der Waals surface area (Å²) in [6.07, 6.45) is 6.94. The molecule has 1 aromatic carbocycles. The van der Waals surface area contributed by atoms with Crippen LogP contribution in [0.5, 0.6) is 5.75 Å². The predicted octanol–water partition coefficient (Wildman–Crippen LogP) is 4.32. The maximum Gasteiger partial charge on any atom is 0.252 e. The first-order valence-electron chi connectivity index (χ1n) is 9.29. The molecule has 0 amide bonds. The van der Waals surface area contributed by atoms with E-state index in [4.69, 9.17) is 4.74 Å². The van der Waals surface area contributed by atoms with E-state index >= 15 is 0 Å². The molecule has 2 fully saturated rings. The maximum absolute atomic E-state index is 13.8. The fourth-order valence-corrected chi connectivity index (χ4v) is 3.94. The van der Waals surface area contributed by atoms with Gasteiger partial charge in [0.2, 0.25) is 0 Å². The van der Waals surface area contributed by atoms with Crippen molar-refractivity contribution in [2.75, 3.05) is 19.6 Å². The zero-order chi connectivity index (χ0) is 19.0. The van der Waals surface area contributed by atoms with Crippen molar-refractivity contribution in [2.24, 2.45) is 0 Å². The second-order valence-corrected chi connectivity index (χ2v) is 7.40. The first kappa shape index (κ1) is 18.2. The molecular formula is C20H22F4N2O. The summed E-state index contributed by atoms with van der Waals surface area (Å²) in [7, 11) is 0. The van der Waals surface area contributed by atoms with Gasteiger partial charge in [-0.25, -0.2) is 17.6 Å². The van der Waals surface area contributed by atoms with Gasteiger partial charge in [-0.15, -0.1) is 0 Å². The Bertz CT molecular complexity index is 748. The number of benzene rings is 1. The molecule has 4 rings (SSSR count). The largest absolute Gasteiger partial charge is 0.487 e. The topological polar surface area (TPSA) is 15.7 Å². The molecule has 1 saturated carbocycles. The van der Waals surface area contributed by atoms with Gasteiger partial charge in [-0.2, -0.15) is 0 Å². The molecule has 0 unspecified atom stereocenters. The van der Waals surface area contributed by atoms with Crippen LogP contribution in [-0.4, -0.2) is 47.5 Å². The molecule has 0 spiro atoms. The number of allylic oxidation sites excluding steroid dienone is 2. The van der Waals surface area contributed by atoms with Crippen LogP contribution in [0.1, 0.15) is 25.7 Å². The molecule has 0 atom stereocenters. The van der Waals surface area contributed by atoms with Gasteiger partial charge < -0.3 is 14.5 Å². The lowest BCUT2D eigenvalue weighted by molar-refractivity contribution is -0.121. The summed E-state index contributed by atoms with van der Waals surface area (Å²) in [4.78, 5) is 4.24. The molecule has 1 aromatic rings. The summed E-state index contributed by atoms with van der Waals surface area (Å²) in [6.45, 7) is 2.04. The van der Waals surface area contributed by atoms with Crippen molar-refractivity contribution >= 4 is 0 Å². The molecule has 2 aliphatic heterocycles. The van der Waals surface area contributed by atoms with Crippen LogP contribution in [0.2, 0.25) is 0 Å². The van der Waals surface area contributed by atoms with E-state index in [-0.39, 0.29) is 30.7 Å². The minimum atomic E-state index is -2.54. The van der Waals surface area contributed by atoms with Crippen LogP contribution in [0, 0.1) is 11.6 Å². The molecule has 3 aliphatic rings. The van der Waals surface area contributed by atoms with E-state index in [9.17, 15) is 17.6 Å². The fourth-order valence-electron chi connectivity index (χ4n) is 3.94. The summed E-state index contributed by atoms with van der Waals surface area (Å²) in [5, 5.41) is 0. The van der Waals surface area contributed by atoms with E-state index in [1.54, 1.807) is 0 Å². The minimum Gasteiger partial charge on any atom is -0.487 e. The van der Waals surface area contributed by atoms with E-state index in [0.717, 1.165) is 11.9 Å². The summed E-state index contributed by atoms with van der Waals surface area (Å²) >= 11 is 0. The van der Waals surface area contributed by atoms with Crippen molar-refractivity contribution in [3.63, 3.8) is 0 Å². The quantitative estimate of drug-likeness (QED) is 0.722. The van der Waals surface area contributed by atoms with Gasteiger partial charge in [0.05, 0.1) is 0 Å². The third kappa shape index (κ3) is 3.92. The van der Waals surface area contributed by atoms with E-state index < -0.39 is 17.6 Å². The molecule has 2 heterocycles. The van der Waals surface area contributed by atoms with E-state index in [1.165, 1.54) is 12.1 Å². The lowest BCUT2D eigenvalue weighted by atomic mass is 9.86. The highest BCUT2D eigenvalue weighted by Crippen LogP contribution is 2.42. The van der Waals surface area contributed by atoms with Gasteiger partial charge in [-0.3, -0.25) is 0 Å². The first-order valence-corrected chi connectivity index (χ1v) is 9.29. The van der Waals surface area contributed by atoms with Gasteiger partial charge in [-0.05, 0) is 18.2 Å². The number of rotatable bonds is 4. The van der Waals surface area contributed by atoms with Gasteiger partial charge >= 0.3 is 0 Å². The molecule has 0 bridgehead atoms. The normalized spacial score (nSPS) is 23.2. The third-order valence-corrected chi connectivity index (χ3v) is 5.44. The van der Waals surface area contributed by atoms with Crippen LogP contribution < -0.4 is 4.74 Å². The highest BCUT2D eigenvalue weighted by Gasteiger charge is 2.48. The molecule has 0 N–H and O–H groups in total. The molecular weight excluding hydrogens is 360 g/mol. The molecule has 3 nitrogen and oxygen atoms in total. The van der Waals surface area contributed by atoms with Crippen molar-refractivity contribution in [1.82, 2.24) is 9.80 Å². The Labute approximate surface area is 155 Å². The Morgan fingerprint density at radius 1 is 1.07 bits per heavy atom. The highest BCUT2D eigenvalue weighted by atomic mass is 19.3. The van der Waals surface area contributed by atoms with Crippen LogP contribution in [0.3, 0.4) is 0 Å². The number of ether oxygens (including phenoxy) is 1. The van der Waals surface area contributed by atoms with Gasteiger partial charge in [0.25, 0.3) is 5.92 Å². The fraction of sp³-hybridized carbons (Fsp3) is 0.500. The van der Waals surface area contributed by atoms with Crippen molar-refractivity contribution < 1.29 is 22.3 Å². The molecule has 0 aromatic heterocycles. The smallest absolute Gasteiger partial charge is 0.252 e. The zero-order valence-corrected chi connectivity index (χ0v) is 14.9. The molecule has 146 valence electrons. The van der Waals surface area contributed by atoms with E-state index in [2.05, 4.69) is 9.80 Å². The average molecular weight is 382 g/mol. The first-order chi connectivity index (χ1) is 12.9. The van der Waals surface area contributed by atoms with E-state index in [0.29, 0.717) is 32.5 Å². The summed E-state index contributed by atoms with van der Waals surface area (Å²) < 4.78 is 59.0. The van der Waals surface area contributed by atoms with Crippen molar-refractivity contribution in [3.05, 3.63) is 53.9 Å². The van der Waals surface area contributed by atoms with Gasteiger partial charge in [0.1, 0.15) is 17.7 Å². The number of likely N-dealkylation sites (tertiary alicyclic amines) is 1. The van der Waals surface area contributed by atoms with Crippen molar-refractivity contribution in [3.8, 4) is 5.75 Å². The van der Waals surface area contributed by atoms with Crippen LogP contribution in [-0.2, 0) is 0 Å². The van der Waals surface area contributed by atoms with Crippen LogP contribution >= 0.6 is 0 Å². The summed E-state index contributed by atoms with van der Waals surface area (Å²) in [5.41, 5.74) is 0. The van der Waals surface area contributed by atoms with Crippen LogP contribution in [0.4, 0.5) is 17.6 Å². The maximum atomic E-state index is 13.8. The minimum absolute atomic E-state index is 0.0630. The lowest BCUT2D eigenvalue weighted by Crippen LogP contribution is -2.54. The zero-order valence-electron chi connectivity index (χ0n) is 14.9. The lowest BCUT2D eigenvalue weighted by Gasteiger charge is -2.48. The number of hydrogen-bond acceptors (Lipinski definition) is 3. The third-order valence-electron chi connectivity index (χ3n) is 5.44. The van der Waals surface area contributed by atoms with Crippen LogP contribution in [0.15, 0.2) is 42.2 Å². The number of halogens is 4. The second-order valence-electron chi connectivity index (χ2n) is 7.40. The number of alkyl halides is 2. The van der Waals surface area contributed by atoms with Crippen molar-refractivity contribution in [2.45, 2.75) is 43.8 Å². The van der Waals surface area contributed by atoms with Crippen molar-refractivity contribution in [1.29, 1.82) is 0 Å². The Balaban J connectivity index is 1.35.